The zero-order valence-electron chi connectivity index (χ0n) is 19.8. The molecular weight excluding hydrogens is 452 g/mol. The number of hydrogen-bond donors (Lipinski definition) is 0. The van der Waals surface area contributed by atoms with Crippen LogP contribution in [0.15, 0.2) is 126 Å². The molecule has 0 amide bonds. The highest BCUT2D eigenvalue weighted by atomic mass is 31.2. The first kappa shape index (κ1) is 23.9. The SMILES string of the molecule is C[Si](C)(C)N=P(CCP(c1ccccc1)c1ccccc1)(c1ccccc1)c1ccccc1. The van der Waals surface area contributed by atoms with Crippen molar-refractivity contribution in [3.8, 4) is 0 Å². The molecule has 0 aliphatic rings. The number of rotatable bonds is 8. The van der Waals surface area contributed by atoms with E-state index >= 15 is 0 Å². The van der Waals surface area contributed by atoms with E-state index in [1.54, 1.807) is 0 Å². The van der Waals surface area contributed by atoms with E-state index in [9.17, 15) is 0 Å². The van der Waals surface area contributed by atoms with Crippen molar-refractivity contribution in [2.75, 3.05) is 12.3 Å². The zero-order valence-corrected chi connectivity index (χ0v) is 22.6. The standard InChI is InChI=1S/C29H33NP2Si/c1-33(2,3)30-32(28-20-12-6-13-21-28,29-22-14-7-15-23-29)25-24-31(26-16-8-4-9-17-26)27-18-10-5-11-19-27/h4-23H,24-25H2,1-3H3. The van der Waals surface area contributed by atoms with Gasteiger partial charge in [-0.15, -0.1) is 0 Å². The summed E-state index contributed by atoms with van der Waals surface area (Å²) in [6.07, 6.45) is 2.23. The third-order valence-corrected chi connectivity index (χ3v) is 15.4. The van der Waals surface area contributed by atoms with Crippen LogP contribution in [0.5, 0.6) is 0 Å². The maximum atomic E-state index is 5.80. The smallest absolute Gasteiger partial charge is 0.171 e. The molecule has 0 fully saturated rings. The van der Waals surface area contributed by atoms with Gasteiger partial charge in [-0.3, -0.25) is 0 Å². The van der Waals surface area contributed by atoms with Crippen LogP contribution in [0.1, 0.15) is 0 Å². The Bertz CT molecular complexity index is 1110. The molecule has 0 bridgehead atoms. The van der Waals surface area contributed by atoms with Gasteiger partial charge in [0.25, 0.3) is 0 Å². The Balaban J connectivity index is 1.85. The number of benzene rings is 4. The highest BCUT2D eigenvalue weighted by Gasteiger charge is 2.29. The molecule has 0 aliphatic heterocycles. The predicted octanol–water partition coefficient (Wildman–Crippen LogP) is 6.81. The van der Waals surface area contributed by atoms with E-state index in [1.807, 2.05) is 0 Å². The molecule has 0 saturated carbocycles. The summed E-state index contributed by atoms with van der Waals surface area (Å²) in [7, 11) is -4.08. The van der Waals surface area contributed by atoms with Crippen LogP contribution in [-0.2, 0) is 0 Å². The minimum atomic E-state index is -1.91. The fourth-order valence-electron chi connectivity index (χ4n) is 4.30. The summed E-state index contributed by atoms with van der Waals surface area (Å²) in [5, 5.41) is 5.72. The molecule has 1 nitrogen and oxygen atoms in total. The van der Waals surface area contributed by atoms with Gasteiger partial charge in [0, 0.05) is 7.05 Å². The normalized spacial score (nSPS) is 12.0. The molecular formula is C29H33NP2Si. The summed E-state index contributed by atoms with van der Waals surface area (Å²) < 4.78 is 5.80. The van der Waals surface area contributed by atoms with E-state index in [0.29, 0.717) is 0 Å². The van der Waals surface area contributed by atoms with Crippen molar-refractivity contribution in [3.63, 3.8) is 0 Å². The second-order valence-corrected chi connectivity index (χ2v) is 19.8. The van der Waals surface area contributed by atoms with E-state index in [2.05, 4.69) is 141 Å². The lowest BCUT2D eigenvalue weighted by atomic mass is 10.4. The topological polar surface area (TPSA) is 12.4 Å². The second kappa shape index (κ2) is 10.8. The van der Waals surface area contributed by atoms with Crippen molar-refractivity contribution in [1.82, 2.24) is 0 Å². The van der Waals surface area contributed by atoms with Crippen LogP contribution in [0.4, 0.5) is 0 Å². The first-order valence-electron chi connectivity index (χ1n) is 11.6. The molecule has 4 aromatic carbocycles. The molecule has 168 valence electrons. The molecule has 0 atom stereocenters. The molecule has 0 N–H and O–H groups in total. The summed E-state index contributed by atoms with van der Waals surface area (Å²) in [5.41, 5.74) is 0. The van der Waals surface area contributed by atoms with E-state index in [0.717, 1.165) is 12.3 Å². The lowest BCUT2D eigenvalue weighted by molar-refractivity contribution is 1.47. The van der Waals surface area contributed by atoms with Gasteiger partial charge in [0.2, 0.25) is 0 Å². The lowest BCUT2D eigenvalue weighted by Gasteiger charge is -2.32. The molecule has 0 saturated heterocycles. The largest absolute Gasteiger partial charge is 0.329 e. The molecule has 4 heteroatoms. The van der Waals surface area contributed by atoms with E-state index in [4.69, 9.17) is 4.41 Å². The summed E-state index contributed by atoms with van der Waals surface area (Å²) in [6, 6.07) is 44.4. The van der Waals surface area contributed by atoms with Crippen LogP contribution in [0.3, 0.4) is 0 Å². The van der Waals surface area contributed by atoms with Crippen LogP contribution >= 0.6 is 15.0 Å². The van der Waals surface area contributed by atoms with Crippen LogP contribution in [0, 0.1) is 0 Å². The Hall–Kier alpha value is -2.24. The van der Waals surface area contributed by atoms with Gasteiger partial charge in [0.05, 0.1) is 0 Å². The Morgan fingerprint density at radius 2 is 0.939 bits per heavy atom. The maximum Gasteiger partial charge on any atom is 0.171 e. The summed E-state index contributed by atoms with van der Waals surface area (Å²) in [5.74, 6) is 0. The van der Waals surface area contributed by atoms with Crippen LogP contribution in [-0.4, -0.2) is 20.6 Å². The lowest BCUT2D eigenvalue weighted by Crippen LogP contribution is -2.27. The maximum absolute atomic E-state index is 5.80. The average Bonchev–Trinajstić information content (AvgIpc) is 2.85. The summed E-state index contributed by atoms with van der Waals surface area (Å²) >= 11 is 0. The van der Waals surface area contributed by atoms with Crippen molar-refractivity contribution in [2.45, 2.75) is 19.6 Å². The molecule has 0 spiro atoms. The third-order valence-electron chi connectivity index (χ3n) is 5.62. The molecule has 4 rings (SSSR count). The van der Waals surface area contributed by atoms with Crippen LogP contribution < -0.4 is 21.2 Å². The van der Waals surface area contributed by atoms with Gasteiger partial charge in [0.1, 0.15) is 0 Å². The monoisotopic (exact) mass is 485 g/mol. The average molecular weight is 486 g/mol. The van der Waals surface area contributed by atoms with Gasteiger partial charge in [-0.1, -0.05) is 141 Å². The minimum absolute atomic E-state index is 0.454. The molecule has 0 aliphatic carbocycles. The van der Waals surface area contributed by atoms with Gasteiger partial charge in [-0.05, 0) is 41.5 Å². The Kier molecular flexibility index (Phi) is 7.81. The highest BCUT2D eigenvalue weighted by molar-refractivity contribution is 7.83. The van der Waals surface area contributed by atoms with Gasteiger partial charge in [0.15, 0.2) is 8.24 Å². The summed E-state index contributed by atoms with van der Waals surface area (Å²) in [6.45, 7) is 7.14. The Morgan fingerprint density at radius 1 is 0.576 bits per heavy atom. The van der Waals surface area contributed by atoms with E-state index in [-0.39, 0.29) is 0 Å². The first-order chi connectivity index (χ1) is 16.0. The molecule has 0 radical (unpaired) electrons. The fourth-order valence-corrected chi connectivity index (χ4v) is 15.7. The molecule has 0 unspecified atom stereocenters. The zero-order chi connectivity index (χ0) is 23.2. The van der Waals surface area contributed by atoms with Crippen LogP contribution in [0.25, 0.3) is 0 Å². The Labute approximate surface area is 201 Å². The third kappa shape index (κ3) is 6.01. The number of hydrogen-bond acceptors (Lipinski definition) is 1. The van der Waals surface area contributed by atoms with Gasteiger partial charge in [-0.2, -0.15) is 0 Å². The molecule has 0 heterocycles. The van der Waals surface area contributed by atoms with Gasteiger partial charge in [-0.25, -0.2) is 0 Å². The molecule has 33 heavy (non-hydrogen) atoms. The van der Waals surface area contributed by atoms with E-state index in [1.165, 1.54) is 21.2 Å². The van der Waals surface area contributed by atoms with E-state index < -0.39 is 23.2 Å². The minimum Gasteiger partial charge on any atom is -0.329 e. The first-order valence-corrected chi connectivity index (χ1v) is 18.5. The predicted molar refractivity (Wildman–Crippen MR) is 154 cm³/mol. The van der Waals surface area contributed by atoms with Crippen LogP contribution in [0.2, 0.25) is 19.6 Å². The number of nitrogens with zero attached hydrogens (tertiary/aromatic N) is 1. The highest BCUT2D eigenvalue weighted by Crippen LogP contribution is 2.51. The Morgan fingerprint density at radius 3 is 1.30 bits per heavy atom. The second-order valence-electron chi connectivity index (χ2n) is 9.26. The molecule has 4 aromatic rings. The van der Waals surface area contributed by atoms with Gasteiger partial charge >= 0.3 is 0 Å². The quantitative estimate of drug-likeness (QED) is 0.192. The summed E-state index contributed by atoms with van der Waals surface area (Å²) in [4.78, 5) is 0. The van der Waals surface area contributed by atoms with Crippen molar-refractivity contribution >= 4 is 44.4 Å². The van der Waals surface area contributed by atoms with Crippen molar-refractivity contribution < 1.29 is 0 Å². The molecule has 0 aromatic heterocycles. The van der Waals surface area contributed by atoms with Crippen molar-refractivity contribution in [2.24, 2.45) is 4.41 Å². The van der Waals surface area contributed by atoms with Gasteiger partial charge < -0.3 is 4.41 Å². The van der Waals surface area contributed by atoms with Crippen molar-refractivity contribution in [1.29, 1.82) is 0 Å². The fraction of sp³-hybridized carbons (Fsp3) is 0.172. The van der Waals surface area contributed by atoms with Crippen molar-refractivity contribution in [3.05, 3.63) is 121 Å².